The Labute approximate surface area is 143 Å². The van der Waals surface area contributed by atoms with Crippen LogP contribution in [0, 0.1) is 5.92 Å². The summed E-state index contributed by atoms with van der Waals surface area (Å²) in [7, 11) is 0. The number of rotatable bonds is 4. The minimum atomic E-state index is -0.238. The molecule has 2 N–H and O–H groups in total. The standard InChI is InChI=1S/C19H27N3O2/c20-18(23)16-9-13-21(14-10-16)17(15-7-3-1-4-8-15)19(24)22-11-5-2-6-12-22/h1,3-4,7-8,16-17H,2,5-6,9-14H2,(H2,20,23)/t17-/m1/s1. The Kier molecular flexibility index (Phi) is 5.51. The molecule has 2 aliphatic rings. The number of carbonyl (C=O) groups excluding carboxylic acids is 2. The van der Waals surface area contributed by atoms with Gasteiger partial charge in [-0.3, -0.25) is 14.5 Å². The first-order valence-corrected chi connectivity index (χ1v) is 9.04. The minimum absolute atomic E-state index is 0.0530. The van der Waals surface area contributed by atoms with Crippen LogP contribution in [0.3, 0.4) is 0 Å². The summed E-state index contributed by atoms with van der Waals surface area (Å²) in [4.78, 5) is 28.9. The van der Waals surface area contributed by atoms with Gasteiger partial charge in [0.15, 0.2) is 0 Å². The number of piperidine rings is 2. The van der Waals surface area contributed by atoms with Gasteiger partial charge in [0.2, 0.25) is 11.8 Å². The number of likely N-dealkylation sites (tertiary alicyclic amines) is 2. The maximum Gasteiger partial charge on any atom is 0.244 e. The second-order valence-electron chi connectivity index (χ2n) is 6.91. The Morgan fingerprint density at radius 2 is 1.58 bits per heavy atom. The van der Waals surface area contributed by atoms with Crippen LogP contribution in [0.15, 0.2) is 30.3 Å². The lowest BCUT2D eigenvalue weighted by Crippen LogP contribution is -2.48. The van der Waals surface area contributed by atoms with Crippen LogP contribution in [0.1, 0.15) is 43.7 Å². The van der Waals surface area contributed by atoms with E-state index in [2.05, 4.69) is 4.90 Å². The zero-order chi connectivity index (χ0) is 16.9. The van der Waals surface area contributed by atoms with Gasteiger partial charge in [0.1, 0.15) is 6.04 Å². The van der Waals surface area contributed by atoms with Gasteiger partial charge < -0.3 is 10.6 Å². The van der Waals surface area contributed by atoms with E-state index in [0.29, 0.717) is 0 Å². The van der Waals surface area contributed by atoms with Gasteiger partial charge in [0.25, 0.3) is 0 Å². The first-order valence-electron chi connectivity index (χ1n) is 9.04. The van der Waals surface area contributed by atoms with E-state index >= 15 is 0 Å². The molecular formula is C19H27N3O2. The maximum atomic E-state index is 13.2. The number of primary amides is 1. The molecule has 3 rings (SSSR count). The summed E-state index contributed by atoms with van der Waals surface area (Å²) in [5.41, 5.74) is 6.49. The summed E-state index contributed by atoms with van der Waals surface area (Å²) >= 11 is 0. The monoisotopic (exact) mass is 329 g/mol. The van der Waals surface area contributed by atoms with Crippen molar-refractivity contribution in [1.82, 2.24) is 9.80 Å². The van der Waals surface area contributed by atoms with E-state index in [0.717, 1.165) is 57.4 Å². The van der Waals surface area contributed by atoms with Gasteiger partial charge >= 0.3 is 0 Å². The van der Waals surface area contributed by atoms with Crippen molar-refractivity contribution < 1.29 is 9.59 Å². The Morgan fingerprint density at radius 1 is 0.958 bits per heavy atom. The maximum absolute atomic E-state index is 13.2. The number of carbonyl (C=O) groups is 2. The van der Waals surface area contributed by atoms with Gasteiger partial charge in [0.05, 0.1) is 0 Å². The van der Waals surface area contributed by atoms with Crippen LogP contribution in [0.5, 0.6) is 0 Å². The third-order valence-corrected chi connectivity index (χ3v) is 5.31. The molecule has 1 atom stereocenters. The number of amides is 2. The Balaban J connectivity index is 1.78. The van der Waals surface area contributed by atoms with Crippen molar-refractivity contribution in [3.05, 3.63) is 35.9 Å². The second kappa shape index (κ2) is 7.79. The molecule has 0 spiro atoms. The van der Waals surface area contributed by atoms with E-state index in [1.165, 1.54) is 6.42 Å². The highest BCUT2D eigenvalue weighted by Crippen LogP contribution is 2.29. The van der Waals surface area contributed by atoms with Crippen LogP contribution in [-0.4, -0.2) is 47.8 Å². The summed E-state index contributed by atoms with van der Waals surface area (Å²) in [5, 5.41) is 0. The summed E-state index contributed by atoms with van der Waals surface area (Å²) in [5.74, 6) is -0.0607. The molecule has 130 valence electrons. The van der Waals surface area contributed by atoms with Gasteiger partial charge in [-0.2, -0.15) is 0 Å². The van der Waals surface area contributed by atoms with Gasteiger partial charge in [-0.15, -0.1) is 0 Å². The average molecular weight is 329 g/mol. The number of hydrogen-bond donors (Lipinski definition) is 1. The molecule has 2 amide bonds. The normalized spacial score (nSPS) is 21.4. The Bertz CT molecular complexity index is 561. The summed E-state index contributed by atoms with van der Waals surface area (Å²) < 4.78 is 0. The summed E-state index contributed by atoms with van der Waals surface area (Å²) in [6.45, 7) is 3.21. The highest BCUT2D eigenvalue weighted by atomic mass is 16.2. The summed E-state index contributed by atoms with van der Waals surface area (Å²) in [6.07, 6.45) is 4.88. The molecule has 5 heteroatoms. The smallest absolute Gasteiger partial charge is 0.244 e. The number of benzene rings is 1. The van der Waals surface area contributed by atoms with Crippen molar-refractivity contribution in [2.45, 2.75) is 38.1 Å². The zero-order valence-corrected chi connectivity index (χ0v) is 14.2. The predicted molar refractivity (Wildman–Crippen MR) is 93.1 cm³/mol. The fourth-order valence-corrected chi connectivity index (χ4v) is 3.87. The van der Waals surface area contributed by atoms with Crippen LogP contribution >= 0.6 is 0 Å². The Morgan fingerprint density at radius 3 is 2.17 bits per heavy atom. The van der Waals surface area contributed by atoms with Crippen molar-refractivity contribution in [1.29, 1.82) is 0 Å². The minimum Gasteiger partial charge on any atom is -0.369 e. The van der Waals surface area contributed by atoms with Crippen LogP contribution < -0.4 is 5.73 Å². The molecule has 0 saturated carbocycles. The van der Waals surface area contributed by atoms with Gasteiger partial charge in [-0.25, -0.2) is 0 Å². The SMILES string of the molecule is NC(=O)C1CCN([C@@H](C(=O)N2CCCCC2)c2ccccc2)CC1. The molecule has 1 aromatic rings. The highest BCUT2D eigenvalue weighted by molar-refractivity contribution is 5.83. The molecule has 2 heterocycles. The molecule has 1 aromatic carbocycles. The molecule has 0 aromatic heterocycles. The lowest BCUT2D eigenvalue weighted by Gasteiger charge is -2.39. The van der Waals surface area contributed by atoms with E-state index < -0.39 is 0 Å². The third-order valence-electron chi connectivity index (χ3n) is 5.31. The van der Waals surface area contributed by atoms with E-state index in [-0.39, 0.29) is 23.8 Å². The van der Waals surface area contributed by atoms with Gasteiger partial charge in [-0.1, -0.05) is 30.3 Å². The van der Waals surface area contributed by atoms with E-state index in [1.807, 2.05) is 35.2 Å². The quantitative estimate of drug-likeness (QED) is 0.918. The van der Waals surface area contributed by atoms with Gasteiger partial charge in [-0.05, 0) is 50.8 Å². The van der Waals surface area contributed by atoms with Crippen LogP contribution in [-0.2, 0) is 9.59 Å². The molecule has 0 unspecified atom stereocenters. The highest BCUT2D eigenvalue weighted by Gasteiger charge is 2.35. The fourth-order valence-electron chi connectivity index (χ4n) is 3.87. The molecule has 24 heavy (non-hydrogen) atoms. The first-order chi connectivity index (χ1) is 11.7. The van der Waals surface area contributed by atoms with E-state index in [1.54, 1.807) is 0 Å². The largest absolute Gasteiger partial charge is 0.369 e. The second-order valence-corrected chi connectivity index (χ2v) is 6.91. The van der Waals surface area contributed by atoms with Crippen LogP contribution in [0.4, 0.5) is 0 Å². The van der Waals surface area contributed by atoms with Crippen molar-refractivity contribution in [2.24, 2.45) is 11.7 Å². The topological polar surface area (TPSA) is 66.6 Å². The van der Waals surface area contributed by atoms with E-state index in [4.69, 9.17) is 5.73 Å². The lowest BCUT2D eigenvalue weighted by atomic mass is 9.93. The molecule has 0 radical (unpaired) electrons. The third kappa shape index (κ3) is 3.78. The van der Waals surface area contributed by atoms with Crippen LogP contribution in [0.25, 0.3) is 0 Å². The number of nitrogens with zero attached hydrogens (tertiary/aromatic N) is 2. The molecule has 0 aliphatic carbocycles. The van der Waals surface area contributed by atoms with Crippen LogP contribution in [0.2, 0.25) is 0 Å². The number of nitrogens with two attached hydrogens (primary N) is 1. The zero-order valence-electron chi connectivity index (χ0n) is 14.2. The van der Waals surface area contributed by atoms with Crippen molar-refractivity contribution >= 4 is 11.8 Å². The first kappa shape index (κ1) is 17.0. The van der Waals surface area contributed by atoms with Crippen molar-refractivity contribution in [3.8, 4) is 0 Å². The van der Waals surface area contributed by atoms with E-state index in [9.17, 15) is 9.59 Å². The summed E-state index contributed by atoms with van der Waals surface area (Å²) in [6, 6.07) is 9.78. The molecule has 0 bridgehead atoms. The molecule has 2 aliphatic heterocycles. The molecule has 2 saturated heterocycles. The predicted octanol–water partition coefficient (Wildman–Crippen LogP) is 1.94. The lowest BCUT2D eigenvalue weighted by molar-refractivity contribution is -0.139. The molecule has 2 fully saturated rings. The average Bonchev–Trinajstić information content (AvgIpc) is 2.64. The van der Waals surface area contributed by atoms with Crippen molar-refractivity contribution in [3.63, 3.8) is 0 Å². The van der Waals surface area contributed by atoms with Gasteiger partial charge in [0, 0.05) is 19.0 Å². The Hall–Kier alpha value is -1.88. The molecule has 5 nitrogen and oxygen atoms in total. The van der Waals surface area contributed by atoms with Crippen molar-refractivity contribution in [2.75, 3.05) is 26.2 Å². The molecular weight excluding hydrogens is 302 g/mol. The number of hydrogen-bond acceptors (Lipinski definition) is 3. The fraction of sp³-hybridized carbons (Fsp3) is 0.579.